The topological polar surface area (TPSA) is 101 Å². The Morgan fingerprint density at radius 3 is 2.76 bits per heavy atom. The molecule has 0 spiro atoms. The van der Waals surface area contributed by atoms with E-state index >= 15 is 0 Å². The van der Waals surface area contributed by atoms with Gasteiger partial charge in [0.1, 0.15) is 11.5 Å². The third-order valence-electron chi connectivity index (χ3n) is 3.86. The summed E-state index contributed by atoms with van der Waals surface area (Å²) >= 11 is 1.18. The lowest BCUT2D eigenvalue weighted by molar-refractivity contribution is 0.102. The van der Waals surface area contributed by atoms with E-state index in [1.807, 2.05) is 32.0 Å². The molecular formula is C17H16N4O3S. The highest BCUT2D eigenvalue weighted by Crippen LogP contribution is 2.26. The summed E-state index contributed by atoms with van der Waals surface area (Å²) in [6, 6.07) is 9.73. The van der Waals surface area contributed by atoms with E-state index in [-0.39, 0.29) is 28.6 Å². The largest absolute Gasteiger partial charge is 0.508 e. The zero-order chi connectivity index (χ0) is 18.0. The molecule has 1 aromatic heterocycles. The number of aromatic hydroxyl groups is 2. The fourth-order valence-electron chi connectivity index (χ4n) is 2.35. The van der Waals surface area contributed by atoms with E-state index in [4.69, 9.17) is 0 Å². The van der Waals surface area contributed by atoms with Crippen molar-refractivity contribution in [2.75, 3.05) is 5.75 Å². The number of thioether (sulfide) groups is 1. The fraction of sp³-hybridized carbons (Fsp3) is 0.176. The number of phenolic OH excluding ortho intramolecular Hbond substituents is 2. The molecule has 0 aliphatic rings. The molecule has 0 saturated heterocycles. The second-order valence-corrected chi connectivity index (χ2v) is 6.45. The van der Waals surface area contributed by atoms with Crippen LogP contribution in [0.4, 0.5) is 0 Å². The molecule has 0 radical (unpaired) electrons. The number of aryl methyl sites for hydroxylation is 1. The zero-order valence-electron chi connectivity index (χ0n) is 13.7. The molecule has 8 heteroatoms. The maximum Gasteiger partial charge on any atom is 0.214 e. The number of benzene rings is 2. The normalized spacial score (nSPS) is 10.8. The third kappa shape index (κ3) is 3.48. The van der Waals surface area contributed by atoms with Crippen molar-refractivity contribution in [1.29, 1.82) is 0 Å². The molecule has 0 aliphatic heterocycles. The van der Waals surface area contributed by atoms with Gasteiger partial charge in [-0.2, -0.15) is 4.68 Å². The van der Waals surface area contributed by atoms with Crippen molar-refractivity contribution >= 4 is 17.5 Å². The molecule has 3 aromatic rings. The molecule has 0 amide bonds. The highest BCUT2D eigenvalue weighted by Gasteiger charge is 2.16. The predicted octanol–water partition coefficient (Wildman–Crippen LogP) is 2.67. The summed E-state index contributed by atoms with van der Waals surface area (Å²) in [5.74, 6) is -0.567. The standard InChI is InChI=1S/C17H16N4O3S/c1-10-4-3-5-14(11(10)2)21-17(18-19-20-21)25-9-16(24)13-7-6-12(22)8-15(13)23/h3-8,22-23H,9H2,1-2H3. The number of Topliss-reactive ketones (excluding diaryl/α,β-unsaturated/α-hetero) is 1. The van der Waals surface area contributed by atoms with Crippen LogP contribution in [0.3, 0.4) is 0 Å². The van der Waals surface area contributed by atoms with Gasteiger partial charge in [0, 0.05) is 6.07 Å². The fourth-order valence-corrected chi connectivity index (χ4v) is 3.12. The van der Waals surface area contributed by atoms with Crippen molar-refractivity contribution in [3.63, 3.8) is 0 Å². The maximum atomic E-state index is 12.3. The molecular weight excluding hydrogens is 340 g/mol. The summed E-state index contributed by atoms with van der Waals surface area (Å²) in [6.45, 7) is 3.99. The van der Waals surface area contributed by atoms with Gasteiger partial charge in [0.25, 0.3) is 0 Å². The molecule has 2 N–H and O–H groups in total. The SMILES string of the molecule is Cc1cccc(-n2nnnc2SCC(=O)c2ccc(O)cc2O)c1C. The van der Waals surface area contributed by atoms with Crippen LogP contribution in [0.1, 0.15) is 21.5 Å². The van der Waals surface area contributed by atoms with Crippen LogP contribution in [0.15, 0.2) is 41.6 Å². The number of rotatable bonds is 5. The molecule has 0 atom stereocenters. The van der Waals surface area contributed by atoms with Gasteiger partial charge in [0.2, 0.25) is 5.16 Å². The van der Waals surface area contributed by atoms with Crippen molar-refractivity contribution in [1.82, 2.24) is 20.2 Å². The van der Waals surface area contributed by atoms with E-state index in [0.717, 1.165) is 22.9 Å². The van der Waals surface area contributed by atoms with Crippen molar-refractivity contribution in [2.45, 2.75) is 19.0 Å². The van der Waals surface area contributed by atoms with Gasteiger partial charge in [-0.15, -0.1) is 5.10 Å². The van der Waals surface area contributed by atoms with Gasteiger partial charge >= 0.3 is 0 Å². The first-order valence-corrected chi connectivity index (χ1v) is 8.49. The lowest BCUT2D eigenvalue weighted by Crippen LogP contribution is -2.06. The molecule has 0 aliphatic carbocycles. The number of hydrogen-bond donors (Lipinski definition) is 2. The van der Waals surface area contributed by atoms with E-state index in [1.54, 1.807) is 4.68 Å². The molecule has 128 valence electrons. The number of tetrazole rings is 1. The summed E-state index contributed by atoms with van der Waals surface area (Å²) in [4.78, 5) is 12.3. The van der Waals surface area contributed by atoms with Crippen LogP contribution < -0.4 is 0 Å². The van der Waals surface area contributed by atoms with Crippen LogP contribution in [-0.2, 0) is 0 Å². The average Bonchev–Trinajstić information content (AvgIpc) is 3.03. The Morgan fingerprint density at radius 2 is 2.00 bits per heavy atom. The Morgan fingerprint density at radius 1 is 1.20 bits per heavy atom. The Hall–Kier alpha value is -2.87. The van der Waals surface area contributed by atoms with Gasteiger partial charge in [0.05, 0.1) is 17.0 Å². The van der Waals surface area contributed by atoms with Crippen molar-refractivity contribution in [3.05, 3.63) is 53.1 Å². The quantitative estimate of drug-likeness (QED) is 0.535. The molecule has 0 saturated carbocycles. The van der Waals surface area contributed by atoms with Crippen LogP contribution in [0, 0.1) is 13.8 Å². The summed E-state index contributed by atoms with van der Waals surface area (Å²) < 4.78 is 1.59. The van der Waals surface area contributed by atoms with Crippen molar-refractivity contribution < 1.29 is 15.0 Å². The van der Waals surface area contributed by atoms with Crippen LogP contribution in [0.5, 0.6) is 11.5 Å². The van der Waals surface area contributed by atoms with E-state index < -0.39 is 0 Å². The van der Waals surface area contributed by atoms with Crippen LogP contribution in [0.25, 0.3) is 5.69 Å². The van der Waals surface area contributed by atoms with Crippen molar-refractivity contribution in [3.8, 4) is 17.2 Å². The minimum atomic E-state index is -0.280. The van der Waals surface area contributed by atoms with Gasteiger partial charge in [-0.1, -0.05) is 23.9 Å². The molecule has 7 nitrogen and oxygen atoms in total. The van der Waals surface area contributed by atoms with Gasteiger partial charge in [-0.25, -0.2) is 0 Å². The first kappa shape index (κ1) is 17.0. The zero-order valence-corrected chi connectivity index (χ0v) is 14.5. The molecule has 1 heterocycles. The highest BCUT2D eigenvalue weighted by atomic mass is 32.2. The predicted molar refractivity (Wildman–Crippen MR) is 93.5 cm³/mol. The van der Waals surface area contributed by atoms with E-state index in [2.05, 4.69) is 15.5 Å². The molecule has 2 aromatic carbocycles. The summed E-state index contributed by atoms with van der Waals surface area (Å²) in [5, 5.41) is 31.3. The molecule has 25 heavy (non-hydrogen) atoms. The third-order valence-corrected chi connectivity index (χ3v) is 4.78. The van der Waals surface area contributed by atoms with E-state index in [9.17, 15) is 15.0 Å². The number of carbonyl (C=O) groups excluding carboxylic acids is 1. The molecule has 0 bridgehead atoms. The second-order valence-electron chi connectivity index (χ2n) is 5.51. The first-order valence-electron chi connectivity index (χ1n) is 7.50. The number of ketones is 1. The van der Waals surface area contributed by atoms with Crippen LogP contribution in [0.2, 0.25) is 0 Å². The van der Waals surface area contributed by atoms with Gasteiger partial charge in [-0.3, -0.25) is 4.79 Å². The Bertz CT molecular complexity index is 939. The minimum Gasteiger partial charge on any atom is -0.508 e. The number of aromatic nitrogens is 4. The highest BCUT2D eigenvalue weighted by molar-refractivity contribution is 7.99. The molecule has 3 rings (SSSR count). The average molecular weight is 356 g/mol. The van der Waals surface area contributed by atoms with Crippen molar-refractivity contribution in [2.24, 2.45) is 0 Å². The van der Waals surface area contributed by atoms with Gasteiger partial charge in [-0.05, 0) is 53.6 Å². The number of hydrogen-bond acceptors (Lipinski definition) is 7. The lowest BCUT2D eigenvalue weighted by atomic mass is 10.1. The Balaban J connectivity index is 1.80. The smallest absolute Gasteiger partial charge is 0.214 e. The monoisotopic (exact) mass is 356 g/mol. The second kappa shape index (κ2) is 6.94. The van der Waals surface area contributed by atoms with E-state index in [1.165, 1.54) is 23.9 Å². The summed E-state index contributed by atoms with van der Waals surface area (Å²) in [6.07, 6.45) is 0. The van der Waals surface area contributed by atoms with Gasteiger partial charge < -0.3 is 10.2 Å². The minimum absolute atomic E-state index is 0.0591. The van der Waals surface area contributed by atoms with Crippen LogP contribution >= 0.6 is 11.8 Å². The maximum absolute atomic E-state index is 12.3. The van der Waals surface area contributed by atoms with Gasteiger partial charge in [0.15, 0.2) is 5.78 Å². The number of nitrogens with zero attached hydrogens (tertiary/aromatic N) is 4. The molecule has 0 fully saturated rings. The van der Waals surface area contributed by atoms with Crippen LogP contribution in [-0.4, -0.2) is 42.0 Å². The Kier molecular flexibility index (Phi) is 4.71. The number of phenols is 2. The Labute approximate surface area is 148 Å². The summed E-state index contributed by atoms with van der Waals surface area (Å²) in [7, 11) is 0. The number of carbonyl (C=O) groups is 1. The van der Waals surface area contributed by atoms with E-state index in [0.29, 0.717) is 5.16 Å². The first-order chi connectivity index (χ1) is 12.0. The molecule has 0 unspecified atom stereocenters. The summed E-state index contributed by atoms with van der Waals surface area (Å²) in [5.41, 5.74) is 3.18. The lowest BCUT2D eigenvalue weighted by Gasteiger charge is -2.09.